The third kappa shape index (κ3) is 3.70. The predicted octanol–water partition coefficient (Wildman–Crippen LogP) is 1.86. The first-order chi connectivity index (χ1) is 12.3. The molecule has 1 aromatic heterocycles. The minimum Gasteiger partial charge on any atom is -0.480 e. The van der Waals surface area contributed by atoms with Crippen molar-refractivity contribution in [3.05, 3.63) is 24.5 Å². The molecule has 2 saturated heterocycles. The van der Waals surface area contributed by atoms with Gasteiger partial charge in [0.1, 0.15) is 6.33 Å². The summed E-state index contributed by atoms with van der Waals surface area (Å²) in [5.41, 5.74) is 2.17. The molecule has 1 aromatic carbocycles. The van der Waals surface area contributed by atoms with Crippen LogP contribution in [0.25, 0.3) is 10.9 Å². The van der Waals surface area contributed by atoms with Crippen molar-refractivity contribution in [3.63, 3.8) is 0 Å². The second kappa shape index (κ2) is 7.54. The van der Waals surface area contributed by atoms with Crippen molar-refractivity contribution in [2.75, 3.05) is 64.4 Å². The molecule has 2 aromatic rings. The van der Waals surface area contributed by atoms with Crippen LogP contribution in [0.5, 0.6) is 5.88 Å². The molecule has 0 aliphatic carbocycles. The summed E-state index contributed by atoms with van der Waals surface area (Å²) in [4.78, 5) is 16.2. The maximum atomic E-state index is 5.39. The van der Waals surface area contributed by atoms with Crippen LogP contribution in [0.2, 0.25) is 0 Å². The highest BCUT2D eigenvalue weighted by molar-refractivity contribution is 5.86. The first-order valence-electron chi connectivity index (χ1n) is 9.32. The lowest BCUT2D eigenvalue weighted by Gasteiger charge is -2.36. The summed E-state index contributed by atoms with van der Waals surface area (Å²) in [5, 5.41) is 0.985. The Bertz CT molecular complexity index is 708. The van der Waals surface area contributed by atoms with Crippen LogP contribution in [0.3, 0.4) is 0 Å². The molecule has 2 fully saturated rings. The summed E-state index contributed by atoms with van der Waals surface area (Å²) in [6.45, 7) is 9.42. The molecule has 0 bridgehead atoms. The number of anilines is 1. The molecule has 2 aliphatic heterocycles. The van der Waals surface area contributed by atoms with Gasteiger partial charge >= 0.3 is 0 Å². The lowest BCUT2D eigenvalue weighted by Crippen LogP contribution is -2.48. The van der Waals surface area contributed by atoms with E-state index in [9.17, 15) is 0 Å². The highest BCUT2D eigenvalue weighted by Gasteiger charge is 2.19. The second-order valence-corrected chi connectivity index (χ2v) is 6.96. The Balaban J connectivity index is 1.37. The van der Waals surface area contributed by atoms with Crippen LogP contribution in [0.15, 0.2) is 24.5 Å². The van der Waals surface area contributed by atoms with Gasteiger partial charge in [-0.3, -0.25) is 4.90 Å². The number of ether oxygens (including phenoxy) is 1. The number of hydrogen-bond donors (Lipinski definition) is 0. The van der Waals surface area contributed by atoms with Crippen molar-refractivity contribution < 1.29 is 4.74 Å². The quantitative estimate of drug-likeness (QED) is 0.827. The molecule has 4 rings (SSSR count). The molecule has 25 heavy (non-hydrogen) atoms. The first-order valence-corrected chi connectivity index (χ1v) is 9.32. The zero-order chi connectivity index (χ0) is 17.1. The Kier molecular flexibility index (Phi) is 4.99. The van der Waals surface area contributed by atoms with Gasteiger partial charge in [0, 0.05) is 45.0 Å². The minimum atomic E-state index is 0.649. The van der Waals surface area contributed by atoms with Crippen LogP contribution in [0, 0.1) is 0 Å². The van der Waals surface area contributed by atoms with Crippen LogP contribution in [-0.4, -0.2) is 79.2 Å². The topological polar surface area (TPSA) is 44.7 Å². The molecule has 0 unspecified atom stereocenters. The average Bonchev–Trinajstić information content (AvgIpc) is 3.19. The van der Waals surface area contributed by atoms with Gasteiger partial charge in [-0.05, 0) is 44.1 Å². The lowest BCUT2D eigenvalue weighted by atomic mass is 10.2. The molecule has 6 heteroatoms. The summed E-state index contributed by atoms with van der Waals surface area (Å²) in [6.07, 6.45) is 4.31. The van der Waals surface area contributed by atoms with E-state index in [0.29, 0.717) is 5.88 Å². The molecule has 0 atom stereocenters. The Morgan fingerprint density at radius 2 is 1.64 bits per heavy atom. The van der Waals surface area contributed by atoms with Crippen LogP contribution in [0.4, 0.5) is 5.69 Å². The molecular formula is C19H27N5O. The van der Waals surface area contributed by atoms with Gasteiger partial charge in [-0.15, -0.1) is 0 Å². The molecule has 0 amide bonds. The zero-order valence-electron chi connectivity index (χ0n) is 15.0. The second-order valence-electron chi connectivity index (χ2n) is 6.96. The minimum absolute atomic E-state index is 0.649. The third-order valence-electron chi connectivity index (χ3n) is 5.44. The van der Waals surface area contributed by atoms with E-state index in [1.165, 1.54) is 44.7 Å². The number of methoxy groups -OCH3 is 1. The number of rotatable bonds is 5. The Hall–Kier alpha value is -1.92. The largest absolute Gasteiger partial charge is 0.480 e. The summed E-state index contributed by atoms with van der Waals surface area (Å²) in [6, 6.07) is 6.39. The molecule has 0 radical (unpaired) electrons. The van der Waals surface area contributed by atoms with Gasteiger partial charge in [0.2, 0.25) is 5.88 Å². The van der Waals surface area contributed by atoms with Crippen molar-refractivity contribution in [1.29, 1.82) is 0 Å². The number of aromatic nitrogens is 2. The molecule has 134 valence electrons. The highest BCUT2D eigenvalue weighted by atomic mass is 16.5. The average molecular weight is 341 g/mol. The van der Waals surface area contributed by atoms with E-state index in [1.54, 1.807) is 13.4 Å². The van der Waals surface area contributed by atoms with E-state index < -0.39 is 0 Å². The number of piperazine rings is 1. The van der Waals surface area contributed by atoms with Crippen LogP contribution in [0.1, 0.15) is 12.8 Å². The summed E-state index contributed by atoms with van der Waals surface area (Å²) < 4.78 is 5.39. The van der Waals surface area contributed by atoms with Gasteiger partial charge in [-0.25, -0.2) is 9.97 Å². The van der Waals surface area contributed by atoms with Crippen molar-refractivity contribution >= 4 is 16.6 Å². The highest BCUT2D eigenvalue weighted by Crippen LogP contribution is 2.27. The van der Waals surface area contributed by atoms with E-state index in [-0.39, 0.29) is 0 Å². The predicted molar refractivity (Wildman–Crippen MR) is 100 cm³/mol. The first kappa shape index (κ1) is 16.5. The number of hydrogen-bond acceptors (Lipinski definition) is 6. The number of likely N-dealkylation sites (tertiary alicyclic amines) is 1. The van der Waals surface area contributed by atoms with Crippen molar-refractivity contribution in [2.24, 2.45) is 0 Å². The molecule has 3 heterocycles. The molecular weight excluding hydrogens is 314 g/mol. The maximum absolute atomic E-state index is 5.39. The van der Waals surface area contributed by atoms with Crippen LogP contribution in [-0.2, 0) is 0 Å². The number of benzene rings is 1. The maximum Gasteiger partial charge on any atom is 0.224 e. The van der Waals surface area contributed by atoms with Gasteiger partial charge in [-0.1, -0.05) is 0 Å². The van der Waals surface area contributed by atoms with E-state index in [1.807, 2.05) is 0 Å². The summed E-state index contributed by atoms with van der Waals surface area (Å²) >= 11 is 0. The van der Waals surface area contributed by atoms with Gasteiger partial charge in [-0.2, -0.15) is 0 Å². The van der Waals surface area contributed by atoms with E-state index in [2.05, 4.69) is 42.9 Å². The van der Waals surface area contributed by atoms with Crippen LogP contribution >= 0.6 is 0 Å². The monoisotopic (exact) mass is 341 g/mol. The van der Waals surface area contributed by atoms with E-state index in [4.69, 9.17) is 4.74 Å². The molecule has 0 N–H and O–H groups in total. The standard InChI is InChI=1S/C19H27N5O/c1-25-19-17-14-16(4-5-18(17)20-15-21-19)24-12-10-23(11-13-24)9-8-22-6-2-3-7-22/h4-5,14-15H,2-3,6-13H2,1H3. The molecule has 0 spiro atoms. The number of nitrogens with zero attached hydrogens (tertiary/aromatic N) is 5. The Labute approximate surface area is 149 Å². The normalized spacial score (nSPS) is 19.6. The van der Waals surface area contributed by atoms with E-state index >= 15 is 0 Å². The summed E-state index contributed by atoms with van der Waals surface area (Å²) in [7, 11) is 1.66. The molecule has 2 aliphatic rings. The fourth-order valence-corrected chi connectivity index (χ4v) is 3.90. The zero-order valence-corrected chi connectivity index (χ0v) is 15.0. The number of fused-ring (bicyclic) bond motifs is 1. The molecule has 0 saturated carbocycles. The Morgan fingerprint density at radius 3 is 2.36 bits per heavy atom. The van der Waals surface area contributed by atoms with Gasteiger partial charge in [0.05, 0.1) is 18.0 Å². The van der Waals surface area contributed by atoms with Gasteiger partial charge in [0.15, 0.2) is 0 Å². The smallest absolute Gasteiger partial charge is 0.224 e. The SMILES string of the molecule is COc1ncnc2ccc(N3CCN(CCN4CCCC4)CC3)cc12. The fourth-order valence-electron chi connectivity index (χ4n) is 3.90. The van der Waals surface area contributed by atoms with Gasteiger partial charge < -0.3 is 14.5 Å². The fraction of sp³-hybridized carbons (Fsp3) is 0.579. The molecule has 6 nitrogen and oxygen atoms in total. The summed E-state index contributed by atoms with van der Waals surface area (Å²) in [5.74, 6) is 0.649. The van der Waals surface area contributed by atoms with Crippen LogP contribution < -0.4 is 9.64 Å². The van der Waals surface area contributed by atoms with Gasteiger partial charge in [0.25, 0.3) is 0 Å². The van der Waals surface area contributed by atoms with Crippen molar-refractivity contribution in [1.82, 2.24) is 19.8 Å². The third-order valence-corrected chi connectivity index (χ3v) is 5.44. The van der Waals surface area contributed by atoms with E-state index in [0.717, 1.165) is 37.1 Å². The van der Waals surface area contributed by atoms with Crippen molar-refractivity contribution in [3.8, 4) is 5.88 Å². The Morgan fingerprint density at radius 1 is 0.920 bits per heavy atom. The van der Waals surface area contributed by atoms with Crippen molar-refractivity contribution in [2.45, 2.75) is 12.8 Å². The lowest BCUT2D eigenvalue weighted by molar-refractivity contribution is 0.215.